The molecule has 1 unspecified atom stereocenters. The molecule has 0 bridgehead atoms. The van der Waals surface area contributed by atoms with E-state index < -0.39 is 0 Å². The number of likely N-dealkylation sites (tertiary alicyclic amines) is 1. The predicted octanol–water partition coefficient (Wildman–Crippen LogP) is 2.35. The molecule has 0 amide bonds. The maximum atomic E-state index is 5.13. The van der Waals surface area contributed by atoms with Crippen LogP contribution in [0.3, 0.4) is 0 Å². The molecule has 17 heavy (non-hydrogen) atoms. The fourth-order valence-electron chi connectivity index (χ4n) is 2.42. The van der Waals surface area contributed by atoms with Gasteiger partial charge in [0, 0.05) is 12.6 Å². The quantitative estimate of drug-likeness (QED) is 0.493. The third-order valence-corrected chi connectivity index (χ3v) is 3.53. The molecule has 1 fully saturated rings. The van der Waals surface area contributed by atoms with E-state index in [-0.39, 0.29) is 0 Å². The third kappa shape index (κ3) is 3.30. The highest BCUT2D eigenvalue weighted by molar-refractivity contribution is 5.79. The molecule has 1 heterocycles. The molecule has 0 aliphatic carbocycles. The van der Waals surface area contributed by atoms with Crippen LogP contribution in [-0.4, -0.2) is 23.7 Å². The molecule has 1 aliphatic rings. The molecule has 1 aromatic rings. The Labute approximate surface area is 103 Å². The summed E-state index contributed by atoms with van der Waals surface area (Å²) in [6, 6.07) is 9.19. The van der Waals surface area contributed by atoms with Crippen LogP contribution in [0.2, 0.25) is 0 Å². The smallest absolute Gasteiger partial charge is 0.0538 e. The van der Waals surface area contributed by atoms with Crippen LogP contribution in [0.25, 0.3) is 0 Å². The highest BCUT2D eigenvalue weighted by Gasteiger charge is 2.17. The van der Waals surface area contributed by atoms with E-state index in [9.17, 15) is 0 Å². The maximum Gasteiger partial charge on any atom is 0.0538 e. The number of rotatable bonds is 3. The van der Waals surface area contributed by atoms with Crippen molar-refractivity contribution in [3.05, 3.63) is 35.4 Å². The largest absolute Gasteiger partial charge is 0.323 e. The van der Waals surface area contributed by atoms with E-state index in [0.717, 1.165) is 12.1 Å². The minimum Gasteiger partial charge on any atom is -0.323 e. The highest BCUT2D eigenvalue weighted by atomic mass is 15.2. The van der Waals surface area contributed by atoms with Gasteiger partial charge in [-0.1, -0.05) is 30.7 Å². The van der Waals surface area contributed by atoms with Gasteiger partial charge in [-0.15, -0.1) is 0 Å². The molecule has 2 N–H and O–H groups in total. The van der Waals surface area contributed by atoms with Gasteiger partial charge in [-0.2, -0.15) is 5.10 Å². The zero-order valence-corrected chi connectivity index (χ0v) is 10.5. The van der Waals surface area contributed by atoms with E-state index in [1.807, 2.05) is 0 Å². The number of benzene rings is 1. The van der Waals surface area contributed by atoms with Crippen molar-refractivity contribution in [3.63, 3.8) is 0 Å². The van der Waals surface area contributed by atoms with Crippen molar-refractivity contribution >= 4 is 6.21 Å². The predicted molar refractivity (Wildman–Crippen MR) is 71.9 cm³/mol. The van der Waals surface area contributed by atoms with Gasteiger partial charge >= 0.3 is 0 Å². The lowest BCUT2D eigenvalue weighted by molar-refractivity contribution is 0.152. The Hall–Kier alpha value is -1.35. The lowest BCUT2D eigenvalue weighted by atomic mass is 10.0. The summed E-state index contributed by atoms with van der Waals surface area (Å²) in [5, 5.41) is 3.53. The molecule has 0 aromatic heterocycles. The summed E-state index contributed by atoms with van der Waals surface area (Å²) in [5.41, 5.74) is 2.43. The average molecular weight is 231 g/mol. The first-order valence-corrected chi connectivity index (χ1v) is 6.36. The second kappa shape index (κ2) is 5.82. The topological polar surface area (TPSA) is 41.6 Å². The van der Waals surface area contributed by atoms with Crippen LogP contribution < -0.4 is 5.84 Å². The van der Waals surface area contributed by atoms with Crippen molar-refractivity contribution in [3.8, 4) is 0 Å². The summed E-state index contributed by atoms with van der Waals surface area (Å²) < 4.78 is 0. The molecule has 0 saturated carbocycles. The summed E-state index contributed by atoms with van der Waals surface area (Å²) in [6.45, 7) is 4.61. The van der Waals surface area contributed by atoms with Gasteiger partial charge in [0.2, 0.25) is 0 Å². The molecule has 1 atom stereocenters. The molecular weight excluding hydrogens is 210 g/mol. The summed E-state index contributed by atoms with van der Waals surface area (Å²) in [6.07, 6.45) is 5.72. The fourth-order valence-corrected chi connectivity index (χ4v) is 2.42. The van der Waals surface area contributed by atoms with Crippen molar-refractivity contribution < 1.29 is 0 Å². The summed E-state index contributed by atoms with van der Waals surface area (Å²) >= 11 is 0. The zero-order valence-electron chi connectivity index (χ0n) is 10.5. The van der Waals surface area contributed by atoms with Crippen molar-refractivity contribution in [1.29, 1.82) is 0 Å². The summed E-state index contributed by atoms with van der Waals surface area (Å²) in [7, 11) is 0. The van der Waals surface area contributed by atoms with Crippen molar-refractivity contribution in [1.82, 2.24) is 4.90 Å². The van der Waals surface area contributed by atoms with Crippen LogP contribution in [0, 0.1) is 0 Å². The van der Waals surface area contributed by atoms with E-state index in [0.29, 0.717) is 6.04 Å². The Morgan fingerprint density at radius 2 is 2.12 bits per heavy atom. The molecular formula is C14H21N3. The van der Waals surface area contributed by atoms with Gasteiger partial charge in [0.05, 0.1) is 6.21 Å². The van der Waals surface area contributed by atoms with Gasteiger partial charge in [-0.05, 0) is 37.4 Å². The normalized spacial score (nSPS) is 22.1. The van der Waals surface area contributed by atoms with Crippen LogP contribution in [0.5, 0.6) is 0 Å². The molecule has 92 valence electrons. The molecule has 1 aliphatic heterocycles. The Bertz CT molecular complexity index is 370. The van der Waals surface area contributed by atoms with Gasteiger partial charge in [0.15, 0.2) is 0 Å². The zero-order chi connectivity index (χ0) is 12.1. The lowest BCUT2D eigenvalue weighted by Gasteiger charge is -2.33. The van der Waals surface area contributed by atoms with Crippen molar-refractivity contribution in [2.24, 2.45) is 10.9 Å². The molecule has 3 nitrogen and oxygen atoms in total. The van der Waals surface area contributed by atoms with E-state index in [2.05, 4.69) is 41.2 Å². The fraction of sp³-hybridized carbons (Fsp3) is 0.500. The Morgan fingerprint density at radius 3 is 2.76 bits per heavy atom. The number of hydrazone groups is 1. The minimum absolute atomic E-state index is 0.717. The molecule has 3 heteroatoms. The standard InChI is InChI=1S/C14H21N3/c1-12-4-2-3-9-17(12)11-14-7-5-13(6-8-14)10-16-15/h5-8,10,12H,2-4,9,11,15H2,1H3. The monoisotopic (exact) mass is 231 g/mol. The minimum atomic E-state index is 0.717. The van der Waals surface area contributed by atoms with Crippen LogP contribution in [0.4, 0.5) is 0 Å². The lowest BCUT2D eigenvalue weighted by Crippen LogP contribution is -2.36. The molecule has 2 rings (SSSR count). The average Bonchev–Trinajstić information content (AvgIpc) is 2.35. The van der Waals surface area contributed by atoms with Crippen LogP contribution >= 0.6 is 0 Å². The van der Waals surface area contributed by atoms with E-state index >= 15 is 0 Å². The third-order valence-electron chi connectivity index (χ3n) is 3.53. The molecule has 1 aromatic carbocycles. The molecule has 0 spiro atoms. The second-order valence-corrected chi connectivity index (χ2v) is 4.84. The summed E-state index contributed by atoms with van der Waals surface area (Å²) in [4.78, 5) is 2.57. The van der Waals surface area contributed by atoms with E-state index in [4.69, 9.17) is 5.84 Å². The number of hydrogen-bond donors (Lipinski definition) is 1. The first kappa shape index (κ1) is 12.1. The van der Waals surface area contributed by atoms with Crippen LogP contribution in [0.15, 0.2) is 29.4 Å². The van der Waals surface area contributed by atoms with E-state index in [1.165, 1.54) is 31.4 Å². The van der Waals surface area contributed by atoms with Gasteiger partial charge in [-0.25, -0.2) is 0 Å². The van der Waals surface area contributed by atoms with Gasteiger partial charge < -0.3 is 5.84 Å². The molecule has 0 radical (unpaired) electrons. The number of piperidine rings is 1. The maximum absolute atomic E-state index is 5.13. The Morgan fingerprint density at radius 1 is 1.35 bits per heavy atom. The van der Waals surface area contributed by atoms with Gasteiger partial charge in [0.1, 0.15) is 0 Å². The van der Waals surface area contributed by atoms with Gasteiger partial charge in [0.25, 0.3) is 0 Å². The Balaban J connectivity index is 1.98. The van der Waals surface area contributed by atoms with Crippen molar-refractivity contribution in [2.75, 3.05) is 6.54 Å². The first-order valence-electron chi connectivity index (χ1n) is 6.36. The number of nitrogens with zero attached hydrogens (tertiary/aromatic N) is 2. The SMILES string of the molecule is CC1CCCCN1Cc1ccc(C=NN)cc1. The highest BCUT2D eigenvalue weighted by Crippen LogP contribution is 2.19. The number of nitrogens with two attached hydrogens (primary N) is 1. The van der Waals surface area contributed by atoms with Crippen molar-refractivity contribution in [2.45, 2.75) is 38.8 Å². The summed E-state index contributed by atoms with van der Waals surface area (Å²) in [5.74, 6) is 5.13. The van der Waals surface area contributed by atoms with E-state index in [1.54, 1.807) is 6.21 Å². The Kier molecular flexibility index (Phi) is 4.15. The first-order chi connectivity index (χ1) is 8.29. The van der Waals surface area contributed by atoms with Gasteiger partial charge in [-0.3, -0.25) is 4.90 Å². The number of hydrogen-bond acceptors (Lipinski definition) is 3. The second-order valence-electron chi connectivity index (χ2n) is 4.84. The van der Waals surface area contributed by atoms with Crippen LogP contribution in [0.1, 0.15) is 37.3 Å². The molecule has 1 saturated heterocycles. The van der Waals surface area contributed by atoms with Crippen LogP contribution in [-0.2, 0) is 6.54 Å².